The van der Waals surface area contributed by atoms with Crippen LogP contribution in [0.1, 0.15) is 44.5 Å². The third kappa shape index (κ3) is 3.95. The average molecular weight is 427 g/mol. The van der Waals surface area contributed by atoms with Gasteiger partial charge < -0.3 is 20.0 Å². The standard InChI is InChI=1S/C24H34N4O3/c1-5-26(6-2)11-12-28-20-10-8-7-9-17(20)21(29)25-24(4)15-27(14-19(24)23(28)31)22(30)18-13-16(18)3/h7-10,16,18-19H,5-6,11-15H2,1-4H3,(H,25,29)/t16-,18+,19-,24-/m0/s1. The van der Waals surface area contributed by atoms with Gasteiger partial charge in [0, 0.05) is 32.1 Å². The van der Waals surface area contributed by atoms with Crippen molar-refractivity contribution in [3.05, 3.63) is 29.8 Å². The van der Waals surface area contributed by atoms with Gasteiger partial charge in [-0.15, -0.1) is 0 Å². The highest BCUT2D eigenvalue weighted by Gasteiger charge is 2.54. The van der Waals surface area contributed by atoms with E-state index in [1.54, 1.807) is 15.9 Å². The SMILES string of the molecule is CCN(CC)CCN1C(=O)[C@@H]2CN(C(=O)[C@@H]3C[C@@H]3C)C[C@]2(C)NC(=O)c2ccccc21. The van der Waals surface area contributed by atoms with Crippen LogP contribution >= 0.6 is 0 Å². The number of anilines is 1. The zero-order valence-corrected chi connectivity index (χ0v) is 19.1. The minimum absolute atomic E-state index is 0.0127. The lowest BCUT2D eigenvalue weighted by Gasteiger charge is -2.38. The average Bonchev–Trinajstić information content (AvgIpc) is 3.39. The fourth-order valence-electron chi connectivity index (χ4n) is 5.09. The molecule has 1 saturated carbocycles. The number of likely N-dealkylation sites (N-methyl/N-ethyl adjacent to an activating group) is 1. The van der Waals surface area contributed by atoms with Crippen molar-refractivity contribution in [2.75, 3.05) is 44.2 Å². The third-order valence-corrected chi connectivity index (χ3v) is 7.37. The predicted molar refractivity (Wildman–Crippen MR) is 120 cm³/mol. The van der Waals surface area contributed by atoms with Gasteiger partial charge in [0.1, 0.15) is 0 Å². The molecular formula is C24H34N4O3. The molecule has 1 aromatic rings. The Morgan fingerprint density at radius 1 is 1.23 bits per heavy atom. The summed E-state index contributed by atoms with van der Waals surface area (Å²) in [7, 11) is 0. The van der Waals surface area contributed by atoms with E-state index in [1.807, 2.05) is 25.1 Å². The molecule has 2 heterocycles. The highest BCUT2D eigenvalue weighted by molar-refractivity contribution is 6.08. The molecule has 0 radical (unpaired) electrons. The molecule has 0 unspecified atom stereocenters. The molecule has 2 aliphatic heterocycles. The van der Waals surface area contributed by atoms with Gasteiger partial charge in [-0.1, -0.05) is 32.9 Å². The second-order valence-corrected chi connectivity index (χ2v) is 9.50. The molecule has 168 valence electrons. The van der Waals surface area contributed by atoms with Gasteiger partial charge in [-0.05, 0) is 44.5 Å². The molecule has 1 aromatic carbocycles. The van der Waals surface area contributed by atoms with Gasteiger partial charge in [0.15, 0.2) is 0 Å². The number of benzene rings is 1. The van der Waals surface area contributed by atoms with E-state index in [0.717, 1.165) is 26.1 Å². The molecule has 31 heavy (non-hydrogen) atoms. The van der Waals surface area contributed by atoms with E-state index in [0.29, 0.717) is 36.8 Å². The topological polar surface area (TPSA) is 73.0 Å². The number of rotatable bonds is 6. The Labute approximate surface area is 184 Å². The van der Waals surface area contributed by atoms with Gasteiger partial charge in [-0.25, -0.2) is 0 Å². The maximum atomic E-state index is 13.9. The molecule has 4 rings (SSSR count). The summed E-state index contributed by atoms with van der Waals surface area (Å²) >= 11 is 0. The van der Waals surface area contributed by atoms with Crippen molar-refractivity contribution in [2.45, 2.75) is 39.7 Å². The van der Waals surface area contributed by atoms with Crippen molar-refractivity contribution in [3.63, 3.8) is 0 Å². The Hall–Kier alpha value is -2.41. The second-order valence-electron chi connectivity index (χ2n) is 9.50. The van der Waals surface area contributed by atoms with Crippen LogP contribution < -0.4 is 10.2 Å². The van der Waals surface area contributed by atoms with Crippen LogP contribution in [-0.2, 0) is 9.59 Å². The van der Waals surface area contributed by atoms with Crippen LogP contribution in [0.4, 0.5) is 5.69 Å². The molecule has 0 spiro atoms. The molecule has 1 aliphatic carbocycles. The lowest BCUT2D eigenvalue weighted by Crippen LogP contribution is -2.59. The van der Waals surface area contributed by atoms with Gasteiger partial charge in [-0.3, -0.25) is 14.4 Å². The lowest BCUT2D eigenvalue weighted by atomic mass is 9.86. The van der Waals surface area contributed by atoms with E-state index in [9.17, 15) is 14.4 Å². The summed E-state index contributed by atoms with van der Waals surface area (Å²) < 4.78 is 0. The van der Waals surface area contributed by atoms with Crippen molar-refractivity contribution in [1.29, 1.82) is 0 Å². The minimum atomic E-state index is -0.775. The van der Waals surface area contributed by atoms with Gasteiger partial charge in [-0.2, -0.15) is 0 Å². The Bertz CT molecular complexity index is 883. The molecule has 4 atom stereocenters. The van der Waals surface area contributed by atoms with Gasteiger partial charge >= 0.3 is 0 Å². The predicted octanol–water partition coefficient (Wildman–Crippen LogP) is 1.98. The maximum absolute atomic E-state index is 13.9. The van der Waals surface area contributed by atoms with E-state index in [4.69, 9.17) is 0 Å². The number of amides is 3. The number of carbonyl (C=O) groups excluding carboxylic acids is 3. The van der Waals surface area contributed by atoms with E-state index in [2.05, 4.69) is 31.0 Å². The van der Waals surface area contributed by atoms with Crippen LogP contribution in [0.2, 0.25) is 0 Å². The van der Waals surface area contributed by atoms with Crippen LogP contribution in [0.3, 0.4) is 0 Å². The number of nitrogens with one attached hydrogen (secondary N) is 1. The van der Waals surface area contributed by atoms with Crippen molar-refractivity contribution in [3.8, 4) is 0 Å². The number of hydrogen-bond acceptors (Lipinski definition) is 4. The third-order valence-electron chi connectivity index (χ3n) is 7.37. The molecule has 3 aliphatic rings. The van der Waals surface area contributed by atoms with Crippen LogP contribution in [0, 0.1) is 17.8 Å². The zero-order chi connectivity index (χ0) is 22.3. The van der Waals surface area contributed by atoms with Gasteiger partial charge in [0.2, 0.25) is 11.8 Å². The molecule has 0 bridgehead atoms. The second kappa shape index (κ2) is 8.26. The Balaban J connectivity index is 1.67. The summed E-state index contributed by atoms with van der Waals surface area (Å²) in [5.41, 5.74) is 0.388. The van der Waals surface area contributed by atoms with Crippen molar-refractivity contribution >= 4 is 23.4 Å². The molecule has 0 aromatic heterocycles. The van der Waals surface area contributed by atoms with Gasteiger partial charge in [0.25, 0.3) is 5.91 Å². The molecule has 1 N–H and O–H groups in total. The van der Waals surface area contributed by atoms with Crippen LogP contribution in [0.5, 0.6) is 0 Å². The largest absolute Gasteiger partial charge is 0.344 e. The summed E-state index contributed by atoms with van der Waals surface area (Å²) in [6.45, 7) is 12.0. The van der Waals surface area contributed by atoms with Crippen molar-refractivity contribution in [2.24, 2.45) is 17.8 Å². The van der Waals surface area contributed by atoms with Crippen LogP contribution in [0.25, 0.3) is 0 Å². The summed E-state index contributed by atoms with van der Waals surface area (Å²) in [5.74, 6) is -0.0588. The van der Waals surface area contributed by atoms with E-state index < -0.39 is 11.5 Å². The monoisotopic (exact) mass is 426 g/mol. The highest BCUT2D eigenvalue weighted by Crippen LogP contribution is 2.42. The molecule has 7 nitrogen and oxygen atoms in total. The normalized spacial score (nSPS) is 29.9. The number of fused-ring (bicyclic) bond motifs is 2. The summed E-state index contributed by atoms with van der Waals surface area (Å²) in [6, 6.07) is 7.31. The quantitative estimate of drug-likeness (QED) is 0.755. The van der Waals surface area contributed by atoms with E-state index in [-0.39, 0.29) is 23.6 Å². The molecule has 3 amide bonds. The maximum Gasteiger partial charge on any atom is 0.253 e. The Morgan fingerprint density at radius 2 is 1.90 bits per heavy atom. The Morgan fingerprint density at radius 3 is 2.55 bits per heavy atom. The van der Waals surface area contributed by atoms with E-state index >= 15 is 0 Å². The molecular weight excluding hydrogens is 392 g/mol. The number of nitrogens with zero attached hydrogens (tertiary/aromatic N) is 3. The minimum Gasteiger partial charge on any atom is -0.344 e. The molecule has 2 fully saturated rings. The fraction of sp³-hybridized carbons (Fsp3) is 0.625. The van der Waals surface area contributed by atoms with Crippen molar-refractivity contribution < 1.29 is 14.4 Å². The summed E-state index contributed by atoms with van der Waals surface area (Å²) in [4.78, 5) is 45.9. The molecule has 1 saturated heterocycles. The Kier molecular flexibility index (Phi) is 5.81. The fourth-order valence-corrected chi connectivity index (χ4v) is 5.09. The first-order chi connectivity index (χ1) is 14.8. The first-order valence-corrected chi connectivity index (χ1v) is 11.5. The number of para-hydroxylation sites is 1. The van der Waals surface area contributed by atoms with E-state index in [1.165, 1.54) is 0 Å². The summed E-state index contributed by atoms with van der Waals surface area (Å²) in [6.07, 6.45) is 0.915. The first-order valence-electron chi connectivity index (χ1n) is 11.5. The number of carbonyl (C=O) groups is 3. The lowest BCUT2D eigenvalue weighted by molar-refractivity contribution is -0.132. The summed E-state index contributed by atoms with van der Waals surface area (Å²) in [5, 5.41) is 3.12. The first kappa shape index (κ1) is 21.8. The van der Waals surface area contributed by atoms with Crippen LogP contribution in [-0.4, -0.2) is 72.3 Å². The van der Waals surface area contributed by atoms with Gasteiger partial charge in [0.05, 0.1) is 22.7 Å². The number of hydrogen-bond donors (Lipinski definition) is 1. The highest BCUT2D eigenvalue weighted by atomic mass is 16.2. The van der Waals surface area contributed by atoms with Crippen molar-refractivity contribution in [1.82, 2.24) is 15.1 Å². The number of likely N-dealkylation sites (tertiary alicyclic amines) is 1. The smallest absolute Gasteiger partial charge is 0.253 e. The van der Waals surface area contributed by atoms with Crippen LogP contribution in [0.15, 0.2) is 24.3 Å². The molecule has 7 heteroatoms. The zero-order valence-electron chi connectivity index (χ0n) is 19.1.